The van der Waals surface area contributed by atoms with E-state index in [1.807, 2.05) is 20.2 Å². The van der Waals surface area contributed by atoms with Gasteiger partial charge in [-0.25, -0.2) is 9.97 Å². The summed E-state index contributed by atoms with van der Waals surface area (Å²) in [6, 6.07) is 10.5. The van der Waals surface area contributed by atoms with Crippen molar-refractivity contribution in [1.29, 1.82) is 0 Å². The lowest BCUT2D eigenvalue weighted by atomic mass is 10.0. The SMILES string of the molecule is CN/C(=C(/c1ccnc(NC)n1)N1C=CC(CNCC2CC2)=CC1)c1ccc(C)cc1. The first kappa shape index (κ1) is 21.1. The monoisotopic (exact) mass is 416 g/mol. The van der Waals surface area contributed by atoms with Crippen LogP contribution in [-0.2, 0) is 0 Å². The van der Waals surface area contributed by atoms with Crippen LogP contribution in [0.15, 0.2) is 60.5 Å². The summed E-state index contributed by atoms with van der Waals surface area (Å²) in [5.41, 5.74) is 6.64. The van der Waals surface area contributed by atoms with E-state index in [-0.39, 0.29) is 0 Å². The molecule has 1 fully saturated rings. The predicted octanol–water partition coefficient (Wildman–Crippen LogP) is 3.63. The van der Waals surface area contributed by atoms with Crippen LogP contribution in [0.5, 0.6) is 0 Å². The molecule has 0 spiro atoms. The van der Waals surface area contributed by atoms with Gasteiger partial charge in [-0.3, -0.25) is 0 Å². The number of benzene rings is 1. The van der Waals surface area contributed by atoms with Gasteiger partial charge >= 0.3 is 0 Å². The molecule has 0 atom stereocenters. The standard InChI is InChI=1S/C25H32N6/c1-18-4-8-21(9-5-18)23(26-2)24(22-10-13-29-25(27-3)30-22)31-14-11-20(12-15-31)17-28-16-19-6-7-19/h4-5,8-14,19,26,28H,6-7,15-17H2,1-3H3,(H,27,29,30)/b24-23-. The Bertz CT molecular complexity index is 985. The van der Waals surface area contributed by atoms with Crippen LogP contribution in [0.4, 0.5) is 5.95 Å². The van der Waals surface area contributed by atoms with Gasteiger partial charge in [-0.05, 0) is 55.5 Å². The number of aryl methyl sites for hydroxylation is 1. The van der Waals surface area contributed by atoms with Gasteiger partial charge < -0.3 is 20.9 Å². The van der Waals surface area contributed by atoms with Crippen molar-refractivity contribution in [3.63, 3.8) is 0 Å². The van der Waals surface area contributed by atoms with E-state index in [4.69, 9.17) is 4.98 Å². The second-order valence-electron chi connectivity index (χ2n) is 8.18. The van der Waals surface area contributed by atoms with E-state index in [1.54, 1.807) is 6.20 Å². The molecule has 162 valence electrons. The second kappa shape index (κ2) is 9.79. The fourth-order valence-electron chi connectivity index (χ4n) is 3.72. The van der Waals surface area contributed by atoms with Crippen LogP contribution in [0.3, 0.4) is 0 Å². The topological polar surface area (TPSA) is 65.1 Å². The lowest BCUT2D eigenvalue weighted by Gasteiger charge is -2.28. The molecule has 1 aliphatic heterocycles. The minimum absolute atomic E-state index is 0.607. The predicted molar refractivity (Wildman–Crippen MR) is 128 cm³/mol. The van der Waals surface area contributed by atoms with Crippen molar-refractivity contribution in [3.8, 4) is 0 Å². The lowest BCUT2D eigenvalue weighted by molar-refractivity contribution is 0.574. The summed E-state index contributed by atoms with van der Waals surface area (Å²) in [5, 5.41) is 10.1. The summed E-state index contributed by atoms with van der Waals surface area (Å²) >= 11 is 0. The number of rotatable bonds is 9. The molecule has 2 aliphatic rings. The molecular formula is C25H32N6. The average Bonchev–Trinajstić information content (AvgIpc) is 3.63. The molecule has 1 aromatic heterocycles. The van der Waals surface area contributed by atoms with Gasteiger partial charge in [0.05, 0.1) is 17.1 Å². The fourth-order valence-corrected chi connectivity index (χ4v) is 3.72. The van der Waals surface area contributed by atoms with E-state index in [0.717, 1.165) is 48.2 Å². The average molecular weight is 417 g/mol. The first-order valence-electron chi connectivity index (χ1n) is 11.0. The Morgan fingerprint density at radius 3 is 2.58 bits per heavy atom. The molecule has 6 nitrogen and oxygen atoms in total. The first-order valence-corrected chi connectivity index (χ1v) is 11.0. The quantitative estimate of drug-likeness (QED) is 0.580. The Morgan fingerprint density at radius 1 is 1.13 bits per heavy atom. The highest BCUT2D eigenvalue weighted by molar-refractivity contribution is 5.88. The number of nitrogens with one attached hydrogen (secondary N) is 3. The zero-order valence-electron chi connectivity index (χ0n) is 18.7. The maximum absolute atomic E-state index is 4.74. The largest absolute Gasteiger partial charge is 0.386 e. The van der Waals surface area contributed by atoms with Crippen molar-refractivity contribution in [2.75, 3.05) is 39.0 Å². The molecular weight excluding hydrogens is 384 g/mol. The zero-order valence-corrected chi connectivity index (χ0v) is 18.7. The molecule has 1 aromatic carbocycles. The Balaban J connectivity index is 1.65. The maximum atomic E-state index is 4.74. The summed E-state index contributed by atoms with van der Waals surface area (Å²) in [6.07, 6.45) is 11.2. The zero-order chi connectivity index (χ0) is 21.6. The molecule has 6 heteroatoms. The van der Waals surface area contributed by atoms with Crippen LogP contribution in [0.25, 0.3) is 11.4 Å². The van der Waals surface area contributed by atoms with Gasteiger partial charge in [-0.15, -0.1) is 0 Å². The lowest BCUT2D eigenvalue weighted by Crippen LogP contribution is -2.26. The van der Waals surface area contributed by atoms with E-state index in [0.29, 0.717) is 5.95 Å². The molecule has 0 radical (unpaired) electrons. The molecule has 31 heavy (non-hydrogen) atoms. The van der Waals surface area contributed by atoms with E-state index >= 15 is 0 Å². The number of hydrogen-bond donors (Lipinski definition) is 3. The molecule has 4 rings (SSSR count). The Hall–Kier alpha value is -3.12. The Morgan fingerprint density at radius 2 is 1.94 bits per heavy atom. The van der Waals surface area contributed by atoms with Crippen LogP contribution in [0.2, 0.25) is 0 Å². The van der Waals surface area contributed by atoms with Crippen molar-refractivity contribution in [2.24, 2.45) is 5.92 Å². The van der Waals surface area contributed by atoms with Gasteiger partial charge in [0.2, 0.25) is 5.95 Å². The number of aromatic nitrogens is 2. The van der Waals surface area contributed by atoms with Gasteiger partial charge in [-0.1, -0.05) is 35.9 Å². The molecule has 2 heterocycles. The third-order valence-electron chi connectivity index (χ3n) is 5.71. The van der Waals surface area contributed by atoms with Gasteiger partial charge in [0.15, 0.2) is 0 Å². The number of anilines is 1. The normalized spacial score (nSPS) is 16.6. The van der Waals surface area contributed by atoms with Crippen LogP contribution < -0.4 is 16.0 Å². The maximum Gasteiger partial charge on any atom is 0.222 e. The molecule has 3 N–H and O–H groups in total. The summed E-state index contributed by atoms with van der Waals surface area (Å²) in [5.74, 6) is 1.50. The second-order valence-corrected chi connectivity index (χ2v) is 8.18. The van der Waals surface area contributed by atoms with E-state index in [2.05, 4.69) is 75.4 Å². The van der Waals surface area contributed by atoms with Gasteiger partial charge in [0, 0.05) is 39.6 Å². The van der Waals surface area contributed by atoms with Crippen LogP contribution >= 0.6 is 0 Å². The van der Waals surface area contributed by atoms with Crippen molar-refractivity contribution in [3.05, 3.63) is 77.3 Å². The van der Waals surface area contributed by atoms with Crippen molar-refractivity contribution in [2.45, 2.75) is 19.8 Å². The number of hydrogen-bond acceptors (Lipinski definition) is 6. The molecule has 0 saturated heterocycles. The van der Waals surface area contributed by atoms with Gasteiger partial charge in [-0.2, -0.15) is 0 Å². The van der Waals surface area contributed by atoms with Crippen LogP contribution in [-0.4, -0.2) is 48.6 Å². The molecule has 0 amide bonds. The minimum atomic E-state index is 0.607. The first-order chi connectivity index (χ1) is 15.2. The summed E-state index contributed by atoms with van der Waals surface area (Å²) in [7, 11) is 3.80. The molecule has 0 unspecified atom stereocenters. The highest BCUT2D eigenvalue weighted by atomic mass is 15.2. The summed E-state index contributed by atoms with van der Waals surface area (Å²) < 4.78 is 0. The Kier molecular flexibility index (Phi) is 6.67. The van der Waals surface area contributed by atoms with Crippen molar-refractivity contribution in [1.82, 2.24) is 25.5 Å². The van der Waals surface area contributed by atoms with Gasteiger partial charge in [0.1, 0.15) is 0 Å². The third kappa shape index (κ3) is 5.33. The van der Waals surface area contributed by atoms with E-state index < -0.39 is 0 Å². The van der Waals surface area contributed by atoms with E-state index in [1.165, 1.54) is 24.0 Å². The van der Waals surface area contributed by atoms with Crippen molar-refractivity contribution >= 4 is 17.3 Å². The molecule has 2 aromatic rings. The highest BCUT2D eigenvalue weighted by Crippen LogP contribution is 2.30. The molecule has 1 aliphatic carbocycles. The van der Waals surface area contributed by atoms with E-state index in [9.17, 15) is 0 Å². The fraction of sp³-hybridized carbons (Fsp3) is 0.360. The van der Waals surface area contributed by atoms with Crippen LogP contribution in [0, 0.1) is 12.8 Å². The summed E-state index contributed by atoms with van der Waals surface area (Å²) in [4.78, 5) is 11.3. The number of nitrogens with zero attached hydrogens (tertiary/aromatic N) is 3. The molecule has 0 bridgehead atoms. The van der Waals surface area contributed by atoms with Crippen LogP contribution in [0.1, 0.15) is 29.7 Å². The molecule has 1 saturated carbocycles. The smallest absolute Gasteiger partial charge is 0.222 e. The van der Waals surface area contributed by atoms with Gasteiger partial charge in [0.25, 0.3) is 0 Å². The third-order valence-corrected chi connectivity index (χ3v) is 5.71. The highest BCUT2D eigenvalue weighted by Gasteiger charge is 2.21. The Labute approximate surface area is 185 Å². The minimum Gasteiger partial charge on any atom is -0.386 e. The van der Waals surface area contributed by atoms with Crippen molar-refractivity contribution < 1.29 is 0 Å². The summed E-state index contributed by atoms with van der Waals surface area (Å²) in [6.45, 7) is 4.95.